The second-order valence-corrected chi connectivity index (χ2v) is 9.02. The van der Waals surface area contributed by atoms with E-state index in [1.165, 1.54) is 13.3 Å². The van der Waals surface area contributed by atoms with Crippen molar-refractivity contribution in [1.29, 1.82) is 0 Å². The molecule has 1 N–H and O–H groups in total. The molecule has 2 aromatic carbocycles. The largest absolute Gasteiger partial charge is 0.496 e. The van der Waals surface area contributed by atoms with Gasteiger partial charge in [0.15, 0.2) is 5.82 Å². The van der Waals surface area contributed by atoms with Gasteiger partial charge in [-0.1, -0.05) is 29.8 Å². The Morgan fingerprint density at radius 3 is 2.44 bits per heavy atom. The lowest BCUT2D eigenvalue weighted by Gasteiger charge is -2.32. The van der Waals surface area contributed by atoms with E-state index in [1.807, 2.05) is 24.3 Å². The second kappa shape index (κ2) is 11.4. The van der Waals surface area contributed by atoms with Crippen molar-refractivity contribution in [2.45, 2.75) is 25.2 Å². The molecule has 7 nitrogen and oxygen atoms in total. The van der Waals surface area contributed by atoms with Gasteiger partial charge in [-0.25, -0.2) is 9.37 Å². The number of methoxy groups -OCH3 is 2. The molecule has 1 aliphatic heterocycles. The van der Waals surface area contributed by atoms with Gasteiger partial charge in [0.1, 0.15) is 5.75 Å². The van der Waals surface area contributed by atoms with Crippen LogP contribution < -0.4 is 14.8 Å². The molecule has 4 rings (SSSR count). The van der Waals surface area contributed by atoms with Crippen LogP contribution in [-0.4, -0.2) is 49.0 Å². The van der Waals surface area contributed by atoms with E-state index in [1.54, 1.807) is 30.2 Å². The van der Waals surface area contributed by atoms with Crippen molar-refractivity contribution in [2.75, 3.05) is 32.6 Å². The topological polar surface area (TPSA) is 80.8 Å². The van der Waals surface area contributed by atoms with Crippen LogP contribution in [0.5, 0.6) is 11.6 Å². The van der Waals surface area contributed by atoms with Gasteiger partial charge in [0, 0.05) is 35.6 Å². The molecule has 2 heterocycles. The Hall–Kier alpha value is -3.65. The van der Waals surface area contributed by atoms with Crippen LogP contribution in [0, 0.1) is 5.82 Å². The Balaban J connectivity index is 1.31. The number of benzene rings is 2. The number of halogens is 2. The van der Waals surface area contributed by atoms with Gasteiger partial charge in [-0.05, 0) is 54.7 Å². The van der Waals surface area contributed by atoms with Gasteiger partial charge in [-0.3, -0.25) is 9.59 Å². The van der Waals surface area contributed by atoms with Crippen LogP contribution in [0.1, 0.15) is 40.2 Å². The molecular weight excluding hydrogens is 485 g/mol. The van der Waals surface area contributed by atoms with Gasteiger partial charge in [0.25, 0.3) is 5.91 Å². The summed E-state index contributed by atoms with van der Waals surface area (Å²) in [5, 5.41) is 3.46. The van der Waals surface area contributed by atoms with Crippen molar-refractivity contribution < 1.29 is 23.5 Å². The van der Waals surface area contributed by atoms with E-state index in [9.17, 15) is 14.0 Å². The zero-order chi connectivity index (χ0) is 25.7. The molecule has 0 unspecified atom stereocenters. The SMILES string of the molecule is COc1cc(Cl)ccc1CC(=O)Nc1ccc(C2CCN(C(=O)c3cnc(OC)c(F)c3)CC2)cc1. The molecule has 1 aliphatic rings. The van der Waals surface area contributed by atoms with Gasteiger partial charge in [0.05, 0.1) is 26.2 Å². The summed E-state index contributed by atoms with van der Waals surface area (Å²) in [5.74, 6) is -0.307. The second-order valence-electron chi connectivity index (χ2n) is 8.58. The fourth-order valence-corrected chi connectivity index (χ4v) is 4.53. The highest BCUT2D eigenvalue weighted by Gasteiger charge is 2.25. The van der Waals surface area contributed by atoms with E-state index in [4.69, 9.17) is 21.1 Å². The van der Waals surface area contributed by atoms with E-state index >= 15 is 0 Å². The van der Waals surface area contributed by atoms with Crippen LogP contribution in [0.4, 0.5) is 10.1 Å². The van der Waals surface area contributed by atoms with E-state index < -0.39 is 5.82 Å². The van der Waals surface area contributed by atoms with Crippen molar-refractivity contribution in [3.8, 4) is 11.6 Å². The summed E-state index contributed by atoms with van der Waals surface area (Å²) in [6, 6.07) is 14.1. The highest BCUT2D eigenvalue weighted by molar-refractivity contribution is 6.30. The molecule has 9 heteroatoms. The van der Waals surface area contributed by atoms with Crippen LogP contribution in [0.3, 0.4) is 0 Å². The number of hydrogen-bond acceptors (Lipinski definition) is 5. The van der Waals surface area contributed by atoms with Gasteiger partial charge >= 0.3 is 0 Å². The Morgan fingerprint density at radius 1 is 1.08 bits per heavy atom. The highest BCUT2D eigenvalue weighted by Crippen LogP contribution is 2.30. The minimum absolute atomic E-state index is 0.130. The Bertz CT molecular complexity index is 1240. The monoisotopic (exact) mass is 511 g/mol. The number of carbonyl (C=O) groups excluding carboxylic acids is 2. The molecule has 188 valence electrons. The van der Waals surface area contributed by atoms with Gasteiger partial charge in [0.2, 0.25) is 11.8 Å². The summed E-state index contributed by atoms with van der Waals surface area (Å²) in [4.78, 5) is 30.9. The maximum Gasteiger partial charge on any atom is 0.255 e. The lowest BCUT2D eigenvalue weighted by molar-refractivity contribution is -0.115. The number of nitrogens with one attached hydrogen (secondary N) is 1. The molecule has 0 bridgehead atoms. The Morgan fingerprint density at radius 2 is 1.81 bits per heavy atom. The number of anilines is 1. The summed E-state index contributed by atoms with van der Waals surface area (Å²) >= 11 is 5.99. The van der Waals surface area contributed by atoms with Crippen LogP contribution in [0.25, 0.3) is 0 Å². The van der Waals surface area contributed by atoms with E-state index in [0.29, 0.717) is 35.5 Å². The van der Waals surface area contributed by atoms with Crippen LogP contribution >= 0.6 is 11.6 Å². The standard InChI is InChI=1S/C27H27ClFN3O4/c1-35-24-15-21(28)6-3-19(24)14-25(33)31-22-7-4-17(5-8-22)18-9-11-32(12-10-18)27(34)20-13-23(29)26(36-2)30-16-20/h3-8,13,15-16,18H,9-12,14H2,1-2H3,(H,31,33). The minimum atomic E-state index is -0.655. The average Bonchev–Trinajstić information content (AvgIpc) is 2.89. The lowest BCUT2D eigenvalue weighted by atomic mass is 9.89. The number of hydrogen-bond donors (Lipinski definition) is 1. The molecule has 1 fully saturated rings. The van der Waals surface area contributed by atoms with Gasteiger partial charge in [-0.2, -0.15) is 0 Å². The molecule has 0 atom stereocenters. The highest BCUT2D eigenvalue weighted by atomic mass is 35.5. The zero-order valence-corrected chi connectivity index (χ0v) is 20.8. The quantitative estimate of drug-likeness (QED) is 0.478. The van der Waals surface area contributed by atoms with Crippen molar-refractivity contribution >= 4 is 29.1 Å². The summed E-state index contributed by atoms with van der Waals surface area (Å²) in [6.45, 7) is 1.14. The molecule has 0 spiro atoms. The Labute approximate surface area is 214 Å². The van der Waals surface area contributed by atoms with E-state index in [2.05, 4.69) is 10.3 Å². The van der Waals surface area contributed by atoms with Crippen LogP contribution in [-0.2, 0) is 11.2 Å². The number of ether oxygens (including phenoxy) is 2. The van der Waals surface area contributed by atoms with Crippen molar-refractivity contribution in [2.24, 2.45) is 0 Å². The summed E-state index contributed by atoms with van der Waals surface area (Å²) < 4.78 is 24.1. The number of piperidine rings is 1. The third-order valence-corrected chi connectivity index (χ3v) is 6.53. The zero-order valence-electron chi connectivity index (χ0n) is 20.1. The summed E-state index contributed by atoms with van der Waals surface area (Å²) in [7, 11) is 2.87. The normalized spacial score (nSPS) is 13.8. The predicted octanol–water partition coefficient (Wildman–Crippen LogP) is 5.09. The molecule has 1 aromatic heterocycles. The molecule has 2 amide bonds. The average molecular weight is 512 g/mol. The van der Waals surface area contributed by atoms with E-state index in [-0.39, 0.29) is 29.7 Å². The predicted molar refractivity (Wildman–Crippen MR) is 135 cm³/mol. The van der Waals surface area contributed by atoms with Crippen molar-refractivity contribution in [3.05, 3.63) is 82.3 Å². The molecule has 3 aromatic rings. The maximum absolute atomic E-state index is 13.9. The number of aromatic nitrogens is 1. The first-order valence-electron chi connectivity index (χ1n) is 11.6. The Kier molecular flexibility index (Phi) is 8.05. The van der Waals surface area contributed by atoms with Gasteiger partial charge in [-0.15, -0.1) is 0 Å². The van der Waals surface area contributed by atoms with Crippen molar-refractivity contribution in [3.63, 3.8) is 0 Å². The summed E-state index contributed by atoms with van der Waals surface area (Å²) in [6.07, 6.45) is 3.09. The first-order valence-corrected chi connectivity index (χ1v) is 12.0. The molecular formula is C27H27ClFN3O4. The number of rotatable bonds is 7. The fourth-order valence-electron chi connectivity index (χ4n) is 4.37. The summed E-state index contributed by atoms with van der Waals surface area (Å²) in [5.41, 5.74) is 2.82. The molecule has 0 radical (unpaired) electrons. The first kappa shape index (κ1) is 25.4. The maximum atomic E-state index is 13.9. The smallest absolute Gasteiger partial charge is 0.255 e. The van der Waals surface area contributed by atoms with E-state index in [0.717, 1.165) is 30.0 Å². The molecule has 0 aliphatic carbocycles. The third-order valence-electron chi connectivity index (χ3n) is 6.30. The van der Waals surface area contributed by atoms with Crippen molar-refractivity contribution in [1.82, 2.24) is 9.88 Å². The third kappa shape index (κ3) is 5.94. The number of likely N-dealkylation sites (tertiary alicyclic amines) is 1. The number of nitrogens with zero attached hydrogens (tertiary/aromatic N) is 2. The molecule has 0 saturated carbocycles. The number of carbonyl (C=O) groups is 2. The van der Waals surface area contributed by atoms with Crippen LogP contribution in [0.2, 0.25) is 5.02 Å². The fraction of sp³-hybridized carbons (Fsp3) is 0.296. The first-order chi connectivity index (χ1) is 17.4. The number of pyridine rings is 1. The minimum Gasteiger partial charge on any atom is -0.496 e. The lowest BCUT2D eigenvalue weighted by Crippen LogP contribution is -2.38. The van der Waals surface area contributed by atoms with Gasteiger partial charge < -0.3 is 19.7 Å². The number of amides is 2. The van der Waals surface area contributed by atoms with Crippen LogP contribution in [0.15, 0.2) is 54.7 Å². The molecule has 1 saturated heterocycles. The molecule has 36 heavy (non-hydrogen) atoms.